The van der Waals surface area contributed by atoms with E-state index in [0.29, 0.717) is 18.1 Å². The van der Waals surface area contributed by atoms with Crippen LogP contribution in [0.5, 0.6) is 5.75 Å². The van der Waals surface area contributed by atoms with Crippen LogP contribution in [-0.2, 0) is 4.74 Å². The Morgan fingerprint density at radius 3 is 3.06 bits per heavy atom. The van der Waals surface area contributed by atoms with Gasteiger partial charge in [0.15, 0.2) is 0 Å². The van der Waals surface area contributed by atoms with Crippen molar-refractivity contribution < 1.29 is 9.47 Å². The predicted molar refractivity (Wildman–Crippen MR) is 66.5 cm³/mol. The Balaban J connectivity index is 1.60. The average molecular weight is 233 g/mol. The van der Waals surface area contributed by atoms with Gasteiger partial charge in [0, 0.05) is 30.7 Å². The number of para-hydroxylation sites is 1. The second-order valence-electron chi connectivity index (χ2n) is 4.93. The molecule has 1 aromatic carbocycles. The normalized spacial score (nSPS) is 31.2. The zero-order chi connectivity index (χ0) is 11.7. The van der Waals surface area contributed by atoms with E-state index in [1.807, 2.05) is 6.07 Å². The molecule has 0 aromatic heterocycles. The lowest BCUT2D eigenvalue weighted by atomic mass is 10.0. The number of fused-ring (bicyclic) bond motifs is 1. The van der Waals surface area contributed by atoms with Crippen molar-refractivity contribution in [3.8, 4) is 5.75 Å². The molecule has 3 rings (SSSR count). The third kappa shape index (κ3) is 2.17. The molecule has 1 saturated heterocycles. The van der Waals surface area contributed by atoms with Crippen molar-refractivity contribution in [1.29, 1.82) is 0 Å². The molecule has 3 nitrogen and oxygen atoms in total. The zero-order valence-corrected chi connectivity index (χ0v) is 10.2. The molecule has 3 unspecified atom stereocenters. The van der Waals surface area contributed by atoms with Crippen LogP contribution in [-0.4, -0.2) is 31.9 Å². The lowest BCUT2D eigenvalue weighted by molar-refractivity contribution is 0.112. The molecule has 17 heavy (non-hydrogen) atoms. The van der Waals surface area contributed by atoms with Gasteiger partial charge in [-0.1, -0.05) is 18.2 Å². The largest absolute Gasteiger partial charge is 0.493 e. The van der Waals surface area contributed by atoms with Gasteiger partial charge in [0.2, 0.25) is 0 Å². The van der Waals surface area contributed by atoms with Crippen molar-refractivity contribution in [3.63, 3.8) is 0 Å². The van der Waals surface area contributed by atoms with E-state index < -0.39 is 0 Å². The molecule has 0 bridgehead atoms. The molecule has 0 amide bonds. The maximum atomic E-state index is 5.68. The van der Waals surface area contributed by atoms with Crippen LogP contribution in [0.1, 0.15) is 24.8 Å². The minimum absolute atomic E-state index is 0.340. The Kier molecular flexibility index (Phi) is 3.04. The number of ether oxygens (including phenoxy) is 2. The van der Waals surface area contributed by atoms with Crippen LogP contribution in [0.15, 0.2) is 24.3 Å². The number of benzene rings is 1. The third-order valence-corrected chi connectivity index (χ3v) is 3.80. The summed E-state index contributed by atoms with van der Waals surface area (Å²) in [4.78, 5) is 0. The lowest BCUT2D eigenvalue weighted by Crippen LogP contribution is -2.37. The fourth-order valence-electron chi connectivity index (χ4n) is 2.69. The second kappa shape index (κ2) is 4.67. The lowest BCUT2D eigenvalue weighted by Gasteiger charge is -2.18. The molecule has 1 N–H and O–H groups in total. The summed E-state index contributed by atoms with van der Waals surface area (Å²) in [5, 5.41) is 3.61. The summed E-state index contributed by atoms with van der Waals surface area (Å²) in [7, 11) is 0. The summed E-state index contributed by atoms with van der Waals surface area (Å²) < 4.78 is 11.2. The van der Waals surface area contributed by atoms with Crippen LogP contribution in [0.3, 0.4) is 0 Å². The van der Waals surface area contributed by atoms with Crippen molar-refractivity contribution in [2.75, 3.05) is 19.8 Å². The molecule has 3 heteroatoms. The van der Waals surface area contributed by atoms with Gasteiger partial charge in [-0.3, -0.25) is 0 Å². The van der Waals surface area contributed by atoms with Crippen LogP contribution < -0.4 is 10.1 Å². The van der Waals surface area contributed by atoms with Crippen molar-refractivity contribution in [2.45, 2.75) is 31.4 Å². The molecule has 2 aliphatic rings. The SMILES string of the molecule is CC1OCCC1NCC1COc2ccccc21. The second-order valence-corrected chi connectivity index (χ2v) is 4.93. The summed E-state index contributed by atoms with van der Waals surface area (Å²) in [6.45, 7) is 4.81. The van der Waals surface area contributed by atoms with E-state index in [1.165, 1.54) is 5.56 Å². The van der Waals surface area contributed by atoms with E-state index in [-0.39, 0.29) is 0 Å². The summed E-state index contributed by atoms with van der Waals surface area (Å²) in [6, 6.07) is 8.84. The van der Waals surface area contributed by atoms with Gasteiger partial charge >= 0.3 is 0 Å². The monoisotopic (exact) mass is 233 g/mol. The van der Waals surface area contributed by atoms with E-state index in [0.717, 1.165) is 31.9 Å². The maximum Gasteiger partial charge on any atom is 0.122 e. The van der Waals surface area contributed by atoms with Gasteiger partial charge in [0.1, 0.15) is 5.75 Å². The average Bonchev–Trinajstić information content (AvgIpc) is 2.93. The van der Waals surface area contributed by atoms with Crippen LogP contribution >= 0.6 is 0 Å². The molecule has 3 atom stereocenters. The molecular weight excluding hydrogens is 214 g/mol. The highest BCUT2D eigenvalue weighted by Gasteiger charge is 2.27. The van der Waals surface area contributed by atoms with Crippen LogP contribution in [0.4, 0.5) is 0 Å². The van der Waals surface area contributed by atoms with Crippen LogP contribution in [0, 0.1) is 0 Å². The Hall–Kier alpha value is -1.06. The van der Waals surface area contributed by atoms with Crippen LogP contribution in [0.2, 0.25) is 0 Å². The molecule has 0 radical (unpaired) electrons. The number of hydrogen-bond acceptors (Lipinski definition) is 3. The third-order valence-electron chi connectivity index (χ3n) is 3.80. The van der Waals surface area contributed by atoms with Gasteiger partial charge in [-0.2, -0.15) is 0 Å². The fourth-order valence-corrected chi connectivity index (χ4v) is 2.69. The summed E-state index contributed by atoms with van der Waals surface area (Å²) in [5.74, 6) is 1.54. The van der Waals surface area contributed by atoms with Gasteiger partial charge in [-0.05, 0) is 19.4 Å². The van der Waals surface area contributed by atoms with Crippen LogP contribution in [0.25, 0.3) is 0 Å². The summed E-state index contributed by atoms with van der Waals surface area (Å²) in [6.07, 6.45) is 1.46. The highest BCUT2D eigenvalue weighted by Crippen LogP contribution is 2.33. The molecular formula is C14H19NO2. The molecule has 0 aliphatic carbocycles. The first-order valence-corrected chi connectivity index (χ1v) is 6.41. The van der Waals surface area contributed by atoms with Crippen molar-refractivity contribution in [2.24, 2.45) is 0 Å². The van der Waals surface area contributed by atoms with E-state index >= 15 is 0 Å². The highest BCUT2D eigenvalue weighted by atomic mass is 16.5. The Bertz CT molecular complexity index is 394. The van der Waals surface area contributed by atoms with Gasteiger partial charge in [-0.25, -0.2) is 0 Å². The predicted octanol–water partition coefficient (Wildman–Crippen LogP) is 1.93. The van der Waals surface area contributed by atoms with Gasteiger partial charge in [-0.15, -0.1) is 0 Å². The van der Waals surface area contributed by atoms with E-state index in [1.54, 1.807) is 0 Å². The summed E-state index contributed by atoms with van der Waals surface area (Å²) >= 11 is 0. The first-order valence-electron chi connectivity index (χ1n) is 6.41. The number of rotatable bonds is 3. The molecule has 92 valence electrons. The van der Waals surface area contributed by atoms with Gasteiger partial charge < -0.3 is 14.8 Å². The number of hydrogen-bond donors (Lipinski definition) is 1. The molecule has 2 aliphatic heterocycles. The van der Waals surface area contributed by atoms with E-state index in [2.05, 4.69) is 30.4 Å². The number of nitrogens with one attached hydrogen (secondary N) is 1. The Labute approximate surface area is 102 Å². The fraction of sp³-hybridized carbons (Fsp3) is 0.571. The van der Waals surface area contributed by atoms with E-state index in [9.17, 15) is 0 Å². The molecule has 1 fully saturated rings. The smallest absolute Gasteiger partial charge is 0.122 e. The quantitative estimate of drug-likeness (QED) is 0.865. The van der Waals surface area contributed by atoms with Gasteiger partial charge in [0.25, 0.3) is 0 Å². The zero-order valence-electron chi connectivity index (χ0n) is 10.2. The topological polar surface area (TPSA) is 30.5 Å². The first-order chi connectivity index (χ1) is 8.34. The molecule has 2 heterocycles. The molecule has 0 spiro atoms. The molecule has 0 saturated carbocycles. The van der Waals surface area contributed by atoms with Crippen molar-refractivity contribution in [3.05, 3.63) is 29.8 Å². The minimum atomic E-state index is 0.340. The standard InChI is InChI=1S/C14H19NO2/c1-10-13(6-7-16-10)15-8-11-9-17-14-5-3-2-4-12(11)14/h2-5,10-11,13,15H,6-9H2,1H3. The highest BCUT2D eigenvalue weighted by molar-refractivity contribution is 5.39. The Morgan fingerprint density at radius 1 is 1.35 bits per heavy atom. The summed E-state index contributed by atoms with van der Waals surface area (Å²) in [5.41, 5.74) is 1.34. The Morgan fingerprint density at radius 2 is 2.24 bits per heavy atom. The van der Waals surface area contributed by atoms with E-state index in [4.69, 9.17) is 9.47 Å². The molecule has 1 aromatic rings. The maximum absolute atomic E-state index is 5.68. The van der Waals surface area contributed by atoms with Crippen molar-refractivity contribution in [1.82, 2.24) is 5.32 Å². The van der Waals surface area contributed by atoms with Gasteiger partial charge in [0.05, 0.1) is 12.7 Å². The minimum Gasteiger partial charge on any atom is -0.493 e. The first kappa shape index (κ1) is 11.1. The van der Waals surface area contributed by atoms with Crippen molar-refractivity contribution >= 4 is 0 Å².